The molecule has 0 unspecified atom stereocenters. The summed E-state index contributed by atoms with van der Waals surface area (Å²) in [6.45, 7) is 0.371. The van der Waals surface area contributed by atoms with E-state index in [9.17, 15) is 18.0 Å². The molecule has 8 heteroatoms. The Morgan fingerprint density at radius 2 is 1.69 bits per heavy atom. The number of anilines is 3. The standard InChI is InChI=1S/C18H17N3O4S/c22-17-12-21(16-5-2-1-4-15(16)19-17)26(24,25)14-9-7-13(8-10-14)20-11-3-6-18(20)23/h1-2,4-5,7-10H,3,6,11-12H2,(H,19,22). The van der Waals surface area contributed by atoms with Gasteiger partial charge in [0.1, 0.15) is 6.54 Å². The highest BCUT2D eigenvalue weighted by molar-refractivity contribution is 7.92. The summed E-state index contributed by atoms with van der Waals surface area (Å²) < 4.78 is 27.2. The molecule has 2 aliphatic rings. The van der Waals surface area contributed by atoms with Gasteiger partial charge in [0.05, 0.1) is 16.3 Å². The molecule has 1 saturated heterocycles. The minimum absolute atomic E-state index is 0.0437. The first-order chi connectivity index (χ1) is 12.5. The van der Waals surface area contributed by atoms with Crippen molar-refractivity contribution in [3.05, 3.63) is 48.5 Å². The second-order valence-corrected chi connectivity index (χ2v) is 8.08. The van der Waals surface area contributed by atoms with Gasteiger partial charge in [-0.15, -0.1) is 0 Å². The second-order valence-electron chi connectivity index (χ2n) is 6.22. The van der Waals surface area contributed by atoms with Gasteiger partial charge in [-0.1, -0.05) is 12.1 Å². The number of rotatable bonds is 3. The first-order valence-electron chi connectivity index (χ1n) is 8.29. The van der Waals surface area contributed by atoms with Gasteiger partial charge >= 0.3 is 0 Å². The molecule has 1 N–H and O–H groups in total. The summed E-state index contributed by atoms with van der Waals surface area (Å²) in [4.78, 5) is 25.5. The maximum Gasteiger partial charge on any atom is 0.264 e. The van der Waals surface area contributed by atoms with E-state index in [-0.39, 0.29) is 23.3 Å². The Labute approximate surface area is 151 Å². The van der Waals surface area contributed by atoms with Crippen LogP contribution in [0.25, 0.3) is 0 Å². The van der Waals surface area contributed by atoms with Gasteiger partial charge in [0.2, 0.25) is 11.8 Å². The van der Waals surface area contributed by atoms with Gasteiger partial charge in [-0.25, -0.2) is 8.42 Å². The Morgan fingerprint density at radius 3 is 2.38 bits per heavy atom. The fourth-order valence-electron chi connectivity index (χ4n) is 3.26. The van der Waals surface area contributed by atoms with E-state index in [0.717, 1.165) is 10.7 Å². The molecule has 0 aromatic heterocycles. The Hall–Kier alpha value is -2.87. The molecular formula is C18H17N3O4S. The third kappa shape index (κ3) is 2.72. The number of benzene rings is 2. The zero-order valence-electron chi connectivity index (χ0n) is 13.9. The van der Waals surface area contributed by atoms with Crippen molar-refractivity contribution in [1.29, 1.82) is 0 Å². The van der Waals surface area contributed by atoms with Crippen LogP contribution in [0.5, 0.6) is 0 Å². The van der Waals surface area contributed by atoms with Crippen LogP contribution in [0.4, 0.5) is 17.1 Å². The molecule has 2 aliphatic heterocycles. The number of amides is 2. The van der Waals surface area contributed by atoms with Crippen molar-refractivity contribution >= 4 is 38.9 Å². The lowest BCUT2D eigenvalue weighted by atomic mass is 10.2. The van der Waals surface area contributed by atoms with Crippen molar-refractivity contribution < 1.29 is 18.0 Å². The van der Waals surface area contributed by atoms with Gasteiger partial charge in [0.15, 0.2) is 0 Å². The number of carbonyl (C=O) groups excluding carboxylic acids is 2. The molecule has 0 aliphatic carbocycles. The van der Waals surface area contributed by atoms with Crippen molar-refractivity contribution in [2.75, 3.05) is 27.6 Å². The quantitative estimate of drug-likeness (QED) is 0.894. The predicted octanol–water partition coefficient (Wildman–Crippen LogP) is 1.96. The van der Waals surface area contributed by atoms with Crippen molar-refractivity contribution in [3.63, 3.8) is 0 Å². The molecule has 0 saturated carbocycles. The number of nitrogens with zero attached hydrogens (tertiary/aromatic N) is 2. The molecule has 4 rings (SSSR count). The van der Waals surface area contributed by atoms with Crippen LogP contribution in [0.15, 0.2) is 53.4 Å². The zero-order valence-corrected chi connectivity index (χ0v) is 14.7. The van der Waals surface area contributed by atoms with E-state index >= 15 is 0 Å². The summed E-state index contributed by atoms with van der Waals surface area (Å²) in [6.07, 6.45) is 1.32. The van der Waals surface area contributed by atoms with Crippen LogP contribution in [0.3, 0.4) is 0 Å². The molecular weight excluding hydrogens is 354 g/mol. The molecule has 0 atom stereocenters. The first-order valence-corrected chi connectivity index (χ1v) is 9.73. The van der Waals surface area contributed by atoms with E-state index in [1.54, 1.807) is 41.3 Å². The molecule has 0 bridgehead atoms. The average molecular weight is 371 g/mol. The van der Waals surface area contributed by atoms with Crippen LogP contribution in [0.2, 0.25) is 0 Å². The molecule has 0 radical (unpaired) electrons. The summed E-state index contributed by atoms with van der Waals surface area (Å²) in [5, 5.41) is 2.68. The van der Waals surface area contributed by atoms with E-state index in [1.165, 1.54) is 12.1 Å². The van der Waals surface area contributed by atoms with Gasteiger partial charge in [-0.05, 0) is 42.8 Å². The fourth-order valence-corrected chi connectivity index (χ4v) is 4.70. The predicted molar refractivity (Wildman–Crippen MR) is 97.6 cm³/mol. The first kappa shape index (κ1) is 16.6. The molecule has 7 nitrogen and oxygen atoms in total. The number of nitrogens with one attached hydrogen (secondary N) is 1. The Kier molecular flexibility index (Phi) is 3.91. The summed E-state index contributed by atoms with van der Waals surface area (Å²) >= 11 is 0. The molecule has 26 heavy (non-hydrogen) atoms. The largest absolute Gasteiger partial charge is 0.323 e. The summed E-state index contributed by atoms with van der Waals surface area (Å²) in [7, 11) is -3.89. The lowest BCUT2D eigenvalue weighted by Crippen LogP contribution is -2.42. The van der Waals surface area contributed by atoms with Crippen LogP contribution in [-0.2, 0) is 19.6 Å². The highest BCUT2D eigenvalue weighted by Gasteiger charge is 2.32. The molecule has 2 heterocycles. The van der Waals surface area contributed by atoms with Crippen LogP contribution < -0.4 is 14.5 Å². The van der Waals surface area contributed by atoms with Crippen molar-refractivity contribution in [1.82, 2.24) is 0 Å². The van der Waals surface area contributed by atoms with Gasteiger partial charge in [0, 0.05) is 18.7 Å². The van der Waals surface area contributed by atoms with Crippen LogP contribution >= 0.6 is 0 Å². The minimum Gasteiger partial charge on any atom is -0.323 e. The normalized spacial score (nSPS) is 17.2. The van der Waals surface area contributed by atoms with Crippen molar-refractivity contribution in [2.45, 2.75) is 17.7 Å². The Bertz CT molecular complexity index is 986. The van der Waals surface area contributed by atoms with E-state index < -0.39 is 10.0 Å². The van der Waals surface area contributed by atoms with Crippen molar-refractivity contribution in [2.24, 2.45) is 0 Å². The van der Waals surface area contributed by atoms with E-state index in [2.05, 4.69) is 5.32 Å². The van der Waals surface area contributed by atoms with Crippen molar-refractivity contribution in [3.8, 4) is 0 Å². The molecule has 1 fully saturated rings. The number of sulfonamides is 1. The average Bonchev–Trinajstić information content (AvgIpc) is 3.07. The second kappa shape index (κ2) is 6.14. The maximum absolute atomic E-state index is 13.1. The lowest BCUT2D eigenvalue weighted by Gasteiger charge is -2.30. The third-order valence-corrected chi connectivity index (χ3v) is 6.32. The number of para-hydroxylation sites is 2. The van der Waals surface area contributed by atoms with Gasteiger partial charge in [0.25, 0.3) is 10.0 Å². The smallest absolute Gasteiger partial charge is 0.264 e. The molecule has 134 valence electrons. The maximum atomic E-state index is 13.1. The molecule has 2 aromatic carbocycles. The van der Waals surface area contributed by atoms with Gasteiger partial charge < -0.3 is 10.2 Å². The lowest BCUT2D eigenvalue weighted by molar-refractivity contribution is -0.117. The number of fused-ring (bicyclic) bond motifs is 1. The molecule has 2 amide bonds. The SMILES string of the molecule is O=C1CN(S(=O)(=O)c2ccc(N3CCCC3=O)cc2)c2ccccc2N1. The van der Waals surface area contributed by atoms with Gasteiger partial charge in [-0.2, -0.15) is 0 Å². The monoisotopic (exact) mass is 371 g/mol. The summed E-state index contributed by atoms with van der Waals surface area (Å²) in [5.41, 5.74) is 1.58. The van der Waals surface area contributed by atoms with Crippen LogP contribution in [0.1, 0.15) is 12.8 Å². The fraction of sp³-hybridized carbons (Fsp3) is 0.222. The number of hydrogen-bond donors (Lipinski definition) is 1. The van der Waals surface area contributed by atoms with Crippen LogP contribution in [0, 0.1) is 0 Å². The zero-order chi connectivity index (χ0) is 18.3. The number of carbonyl (C=O) groups is 2. The molecule has 0 spiro atoms. The summed E-state index contributed by atoms with van der Waals surface area (Å²) in [6, 6.07) is 13.0. The Balaban J connectivity index is 1.69. The minimum atomic E-state index is -3.89. The van der Waals surface area contributed by atoms with E-state index in [0.29, 0.717) is 30.0 Å². The highest BCUT2D eigenvalue weighted by Crippen LogP contribution is 2.33. The van der Waals surface area contributed by atoms with E-state index in [4.69, 9.17) is 0 Å². The molecule has 2 aromatic rings. The van der Waals surface area contributed by atoms with Gasteiger partial charge in [-0.3, -0.25) is 13.9 Å². The number of hydrogen-bond acceptors (Lipinski definition) is 4. The van der Waals surface area contributed by atoms with E-state index in [1.807, 2.05) is 0 Å². The summed E-state index contributed by atoms with van der Waals surface area (Å²) in [5.74, 6) is -0.339. The van der Waals surface area contributed by atoms with Crippen LogP contribution in [-0.4, -0.2) is 33.3 Å². The highest BCUT2D eigenvalue weighted by atomic mass is 32.2. The third-order valence-electron chi connectivity index (χ3n) is 4.54. The Morgan fingerprint density at radius 1 is 0.962 bits per heavy atom. The topological polar surface area (TPSA) is 86.8 Å².